The number of benzene rings is 2. The van der Waals surface area contributed by atoms with Gasteiger partial charge < -0.3 is 10.1 Å². The van der Waals surface area contributed by atoms with Gasteiger partial charge in [0, 0.05) is 30.4 Å². The van der Waals surface area contributed by atoms with E-state index < -0.39 is 11.9 Å². The normalized spacial score (nSPS) is 11.7. The molecule has 0 saturated heterocycles. The third kappa shape index (κ3) is 4.58. The molecule has 1 aromatic heterocycles. The summed E-state index contributed by atoms with van der Waals surface area (Å²) in [6, 6.07) is 15.8. The highest BCUT2D eigenvalue weighted by Crippen LogP contribution is 2.19. The Morgan fingerprint density at radius 1 is 1.15 bits per heavy atom. The number of hydrogen-bond donors (Lipinski definition) is 1. The molecule has 1 amide bonds. The molecule has 6 nitrogen and oxygen atoms in total. The largest absolute Gasteiger partial charge is 0.481 e. The lowest BCUT2D eigenvalue weighted by atomic mass is 10.1. The smallest absolute Gasteiger partial charge is 0.266 e. The zero-order chi connectivity index (χ0) is 19.4. The van der Waals surface area contributed by atoms with Crippen molar-refractivity contribution in [3.8, 4) is 17.0 Å². The number of ether oxygens (including phenoxy) is 1. The molecular formula is C20H18FN3O3. The van der Waals surface area contributed by atoms with Crippen LogP contribution in [0.25, 0.3) is 11.3 Å². The summed E-state index contributed by atoms with van der Waals surface area (Å²) in [5.41, 5.74) is 1.86. The zero-order valence-corrected chi connectivity index (χ0v) is 14.8. The minimum atomic E-state index is -0.795. The Bertz CT molecular complexity index is 1020. The number of aromatic nitrogens is 2. The van der Waals surface area contributed by atoms with Crippen LogP contribution in [-0.2, 0) is 11.8 Å². The van der Waals surface area contributed by atoms with Gasteiger partial charge in [0.2, 0.25) is 0 Å². The van der Waals surface area contributed by atoms with Gasteiger partial charge in [0.05, 0.1) is 5.69 Å². The Balaban J connectivity index is 1.65. The molecule has 27 heavy (non-hydrogen) atoms. The predicted molar refractivity (Wildman–Crippen MR) is 100 cm³/mol. The van der Waals surface area contributed by atoms with Gasteiger partial charge in [0.25, 0.3) is 11.5 Å². The summed E-state index contributed by atoms with van der Waals surface area (Å²) in [6.07, 6.45) is -0.795. The first kappa shape index (κ1) is 18.3. The van der Waals surface area contributed by atoms with Crippen molar-refractivity contribution in [2.24, 2.45) is 7.05 Å². The molecule has 3 aromatic rings. The lowest BCUT2D eigenvalue weighted by molar-refractivity contribution is -0.122. The number of halogens is 1. The molecule has 0 aliphatic heterocycles. The number of rotatable bonds is 5. The summed E-state index contributed by atoms with van der Waals surface area (Å²) in [5, 5.41) is 6.92. The van der Waals surface area contributed by atoms with Crippen molar-refractivity contribution >= 4 is 11.6 Å². The zero-order valence-electron chi connectivity index (χ0n) is 14.8. The topological polar surface area (TPSA) is 73.2 Å². The molecule has 1 atom stereocenters. The van der Waals surface area contributed by atoms with Gasteiger partial charge in [-0.2, -0.15) is 5.10 Å². The first-order valence-electron chi connectivity index (χ1n) is 8.30. The second kappa shape index (κ2) is 7.82. The van der Waals surface area contributed by atoms with Crippen LogP contribution in [0.4, 0.5) is 10.1 Å². The highest BCUT2D eigenvalue weighted by Gasteiger charge is 2.15. The van der Waals surface area contributed by atoms with Crippen LogP contribution in [0.2, 0.25) is 0 Å². The highest BCUT2D eigenvalue weighted by molar-refractivity contribution is 5.94. The van der Waals surface area contributed by atoms with Gasteiger partial charge in [-0.15, -0.1) is 0 Å². The van der Waals surface area contributed by atoms with E-state index in [1.807, 2.05) is 0 Å². The molecule has 2 aromatic carbocycles. The number of hydrogen-bond acceptors (Lipinski definition) is 4. The SMILES string of the molecule is CC(Oc1cccc(F)c1)C(=O)Nc1ccc(-c2ccc(=O)n(C)n2)cc1. The van der Waals surface area contributed by atoms with E-state index in [9.17, 15) is 14.0 Å². The van der Waals surface area contributed by atoms with Gasteiger partial charge >= 0.3 is 0 Å². The second-order valence-corrected chi connectivity index (χ2v) is 5.96. The average Bonchev–Trinajstić information content (AvgIpc) is 2.64. The Morgan fingerprint density at radius 2 is 1.89 bits per heavy atom. The maximum Gasteiger partial charge on any atom is 0.266 e. The number of amides is 1. The Morgan fingerprint density at radius 3 is 2.56 bits per heavy atom. The van der Waals surface area contributed by atoms with E-state index in [1.165, 1.54) is 28.9 Å². The molecule has 0 saturated carbocycles. The van der Waals surface area contributed by atoms with Crippen LogP contribution in [0.15, 0.2) is 65.5 Å². The van der Waals surface area contributed by atoms with Gasteiger partial charge in [-0.1, -0.05) is 18.2 Å². The molecule has 138 valence electrons. The Kier molecular flexibility index (Phi) is 5.30. The van der Waals surface area contributed by atoms with Crippen LogP contribution < -0.4 is 15.6 Å². The molecule has 0 aliphatic carbocycles. The standard InChI is InChI=1S/C20H18FN3O3/c1-13(27-17-5-3-4-15(21)12-17)20(26)22-16-8-6-14(7-9-16)18-10-11-19(25)24(2)23-18/h3-13H,1-2H3,(H,22,26). The van der Waals surface area contributed by atoms with Crippen molar-refractivity contribution in [2.45, 2.75) is 13.0 Å². The number of anilines is 1. The fourth-order valence-corrected chi connectivity index (χ4v) is 2.42. The number of nitrogens with one attached hydrogen (secondary N) is 1. The van der Waals surface area contributed by atoms with E-state index in [-0.39, 0.29) is 17.2 Å². The average molecular weight is 367 g/mol. The number of nitrogens with zero attached hydrogens (tertiary/aromatic N) is 2. The van der Waals surface area contributed by atoms with Gasteiger partial charge in [-0.3, -0.25) is 9.59 Å². The summed E-state index contributed by atoms with van der Waals surface area (Å²) in [4.78, 5) is 23.7. The van der Waals surface area contributed by atoms with Crippen LogP contribution >= 0.6 is 0 Å². The molecule has 3 rings (SSSR count). The molecule has 7 heteroatoms. The molecule has 1 unspecified atom stereocenters. The van der Waals surface area contributed by atoms with Crippen LogP contribution in [0.1, 0.15) is 6.92 Å². The fraction of sp³-hybridized carbons (Fsp3) is 0.150. The summed E-state index contributed by atoms with van der Waals surface area (Å²) < 4.78 is 19.9. The van der Waals surface area contributed by atoms with E-state index in [2.05, 4.69) is 10.4 Å². The Hall–Kier alpha value is -3.48. The molecule has 0 fully saturated rings. The monoisotopic (exact) mass is 367 g/mol. The number of aryl methyl sites for hydroxylation is 1. The van der Waals surface area contributed by atoms with E-state index >= 15 is 0 Å². The maximum absolute atomic E-state index is 13.2. The summed E-state index contributed by atoms with van der Waals surface area (Å²) in [5.74, 6) is -0.497. The lowest BCUT2D eigenvalue weighted by Gasteiger charge is -2.15. The molecule has 1 heterocycles. The van der Waals surface area contributed by atoms with Crippen molar-refractivity contribution < 1.29 is 13.9 Å². The van der Waals surface area contributed by atoms with E-state index in [0.717, 1.165) is 5.56 Å². The molecule has 0 spiro atoms. The van der Waals surface area contributed by atoms with Crippen molar-refractivity contribution in [2.75, 3.05) is 5.32 Å². The summed E-state index contributed by atoms with van der Waals surface area (Å²) in [7, 11) is 1.58. The lowest BCUT2D eigenvalue weighted by Crippen LogP contribution is -2.30. The minimum Gasteiger partial charge on any atom is -0.481 e. The van der Waals surface area contributed by atoms with Crippen molar-refractivity contribution in [1.29, 1.82) is 0 Å². The molecule has 0 bridgehead atoms. The molecule has 0 radical (unpaired) electrons. The third-order valence-corrected chi connectivity index (χ3v) is 3.89. The van der Waals surface area contributed by atoms with Crippen molar-refractivity contribution in [1.82, 2.24) is 9.78 Å². The second-order valence-electron chi connectivity index (χ2n) is 5.96. The van der Waals surface area contributed by atoms with Crippen LogP contribution in [0.3, 0.4) is 0 Å². The van der Waals surface area contributed by atoms with Crippen molar-refractivity contribution in [3.63, 3.8) is 0 Å². The van der Waals surface area contributed by atoms with Crippen LogP contribution in [0.5, 0.6) is 5.75 Å². The third-order valence-electron chi connectivity index (χ3n) is 3.89. The van der Waals surface area contributed by atoms with E-state index in [4.69, 9.17) is 4.74 Å². The first-order chi connectivity index (χ1) is 12.9. The number of carbonyl (C=O) groups excluding carboxylic acids is 1. The molecule has 0 aliphatic rings. The van der Waals surface area contributed by atoms with E-state index in [0.29, 0.717) is 11.4 Å². The van der Waals surface area contributed by atoms with Gasteiger partial charge in [0.15, 0.2) is 6.10 Å². The highest BCUT2D eigenvalue weighted by atomic mass is 19.1. The van der Waals surface area contributed by atoms with Crippen LogP contribution in [-0.4, -0.2) is 21.8 Å². The van der Waals surface area contributed by atoms with Crippen LogP contribution in [0, 0.1) is 5.82 Å². The summed E-state index contributed by atoms with van der Waals surface area (Å²) in [6.45, 7) is 1.59. The first-order valence-corrected chi connectivity index (χ1v) is 8.30. The minimum absolute atomic E-state index is 0.185. The Labute approximate surface area is 155 Å². The van der Waals surface area contributed by atoms with Crippen molar-refractivity contribution in [3.05, 3.63) is 76.8 Å². The predicted octanol–water partition coefficient (Wildman–Crippen LogP) is 2.99. The molecular weight excluding hydrogens is 349 g/mol. The van der Waals surface area contributed by atoms with E-state index in [1.54, 1.807) is 50.4 Å². The fourth-order valence-electron chi connectivity index (χ4n) is 2.42. The quantitative estimate of drug-likeness (QED) is 0.752. The number of carbonyl (C=O) groups is 1. The van der Waals surface area contributed by atoms with Gasteiger partial charge in [0.1, 0.15) is 11.6 Å². The summed E-state index contributed by atoms with van der Waals surface area (Å²) >= 11 is 0. The maximum atomic E-state index is 13.2. The molecule has 1 N–H and O–H groups in total. The van der Waals surface area contributed by atoms with Gasteiger partial charge in [-0.25, -0.2) is 9.07 Å². The van der Waals surface area contributed by atoms with Gasteiger partial charge in [-0.05, 0) is 37.3 Å².